The minimum absolute atomic E-state index is 0.185. The van der Waals surface area contributed by atoms with E-state index >= 15 is 0 Å². The molecule has 0 spiro atoms. The standard InChI is InChI=1S/C18H20O4/c1-18(2,15-8-10-16(19)11-9-15)14-6-4-13(5-7-14)12-22-17(20)21-3/h4-11,19H,12H2,1-3H3. The lowest BCUT2D eigenvalue weighted by Gasteiger charge is -2.26. The summed E-state index contributed by atoms with van der Waals surface area (Å²) in [6, 6.07) is 15.1. The average Bonchev–Trinajstić information content (AvgIpc) is 2.53. The molecule has 0 aliphatic rings. The van der Waals surface area contributed by atoms with Gasteiger partial charge in [0.15, 0.2) is 0 Å². The first-order valence-electron chi connectivity index (χ1n) is 7.03. The molecule has 0 saturated carbocycles. The van der Waals surface area contributed by atoms with Crippen molar-refractivity contribution in [1.82, 2.24) is 0 Å². The Labute approximate surface area is 130 Å². The third kappa shape index (κ3) is 3.58. The van der Waals surface area contributed by atoms with Crippen LogP contribution in [0.5, 0.6) is 5.75 Å². The number of ether oxygens (including phenoxy) is 2. The molecule has 0 radical (unpaired) electrons. The summed E-state index contributed by atoms with van der Waals surface area (Å²) in [6.07, 6.45) is -0.687. The topological polar surface area (TPSA) is 55.8 Å². The van der Waals surface area contributed by atoms with Gasteiger partial charge in [-0.1, -0.05) is 50.2 Å². The van der Waals surface area contributed by atoms with Crippen LogP contribution in [0.25, 0.3) is 0 Å². The molecule has 0 fully saturated rings. The van der Waals surface area contributed by atoms with Gasteiger partial charge in [0, 0.05) is 5.41 Å². The van der Waals surface area contributed by atoms with Gasteiger partial charge in [0.25, 0.3) is 0 Å². The second-order valence-corrected chi connectivity index (χ2v) is 5.61. The quantitative estimate of drug-likeness (QED) is 0.867. The molecule has 2 rings (SSSR count). The summed E-state index contributed by atoms with van der Waals surface area (Å²) in [4.78, 5) is 11.0. The van der Waals surface area contributed by atoms with Crippen LogP contribution in [-0.2, 0) is 21.5 Å². The van der Waals surface area contributed by atoms with Gasteiger partial charge < -0.3 is 14.6 Å². The number of phenolic OH excluding ortho intramolecular Hbond substituents is 1. The molecule has 4 nitrogen and oxygen atoms in total. The van der Waals surface area contributed by atoms with E-state index in [-0.39, 0.29) is 17.8 Å². The van der Waals surface area contributed by atoms with Crippen molar-refractivity contribution in [2.45, 2.75) is 25.9 Å². The molecule has 0 saturated heterocycles. The smallest absolute Gasteiger partial charge is 0.508 e. The molecule has 0 bridgehead atoms. The van der Waals surface area contributed by atoms with E-state index in [0.717, 1.165) is 16.7 Å². The summed E-state index contributed by atoms with van der Waals surface area (Å²) in [5.41, 5.74) is 2.97. The molecule has 22 heavy (non-hydrogen) atoms. The van der Waals surface area contributed by atoms with Gasteiger partial charge in [-0.05, 0) is 28.8 Å². The summed E-state index contributed by atoms with van der Waals surface area (Å²) in [6.45, 7) is 4.44. The van der Waals surface area contributed by atoms with E-state index in [0.29, 0.717) is 0 Å². The number of hydrogen-bond acceptors (Lipinski definition) is 4. The molecule has 0 aromatic heterocycles. The largest absolute Gasteiger partial charge is 0.508 e. The van der Waals surface area contributed by atoms with Gasteiger partial charge in [0.2, 0.25) is 0 Å². The van der Waals surface area contributed by atoms with Crippen molar-refractivity contribution in [2.24, 2.45) is 0 Å². The van der Waals surface area contributed by atoms with Crippen molar-refractivity contribution in [3.8, 4) is 5.75 Å². The Bertz CT molecular complexity index is 627. The van der Waals surface area contributed by atoms with Gasteiger partial charge in [0.05, 0.1) is 7.11 Å². The first-order chi connectivity index (χ1) is 10.4. The molecule has 0 atom stereocenters. The highest BCUT2D eigenvalue weighted by atomic mass is 16.7. The van der Waals surface area contributed by atoms with Crippen LogP contribution < -0.4 is 0 Å². The second kappa shape index (κ2) is 6.52. The molecule has 0 aliphatic carbocycles. The number of benzene rings is 2. The lowest BCUT2D eigenvalue weighted by molar-refractivity contribution is 0.0669. The molecule has 4 heteroatoms. The third-order valence-corrected chi connectivity index (χ3v) is 3.79. The number of phenols is 1. The zero-order valence-electron chi connectivity index (χ0n) is 13.0. The van der Waals surface area contributed by atoms with E-state index in [4.69, 9.17) is 4.74 Å². The summed E-state index contributed by atoms with van der Waals surface area (Å²) in [5.74, 6) is 0.259. The monoisotopic (exact) mass is 300 g/mol. The first-order valence-corrected chi connectivity index (χ1v) is 7.03. The third-order valence-electron chi connectivity index (χ3n) is 3.79. The van der Waals surface area contributed by atoms with Crippen molar-refractivity contribution in [1.29, 1.82) is 0 Å². The van der Waals surface area contributed by atoms with Crippen LogP contribution in [0.2, 0.25) is 0 Å². The van der Waals surface area contributed by atoms with Gasteiger partial charge in [-0.25, -0.2) is 4.79 Å². The maximum atomic E-state index is 11.0. The molecule has 2 aromatic carbocycles. The molecule has 0 aliphatic heterocycles. The minimum atomic E-state index is -0.687. The van der Waals surface area contributed by atoms with E-state index in [1.807, 2.05) is 36.4 Å². The Balaban J connectivity index is 2.14. The summed E-state index contributed by atoms with van der Waals surface area (Å²) in [7, 11) is 1.28. The van der Waals surface area contributed by atoms with Crippen LogP contribution in [0.3, 0.4) is 0 Å². The van der Waals surface area contributed by atoms with E-state index in [2.05, 4.69) is 18.6 Å². The zero-order chi connectivity index (χ0) is 16.2. The van der Waals surface area contributed by atoms with E-state index in [1.165, 1.54) is 7.11 Å². The average molecular weight is 300 g/mol. The molecule has 116 valence electrons. The predicted octanol–water partition coefficient (Wildman–Crippen LogP) is 4.00. The minimum Gasteiger partial charge on any atom is -0.508 e. The maximum absolute atomic E-state index is 11.0. The SMILES string of the molecule is COC(=O)OCc1ccc(C(C)(C)c2ccc(O)cc2)cc1. The van der Waals surface area contributed by atoms with Crippen LogP contribution in [0.15, 0.2) is 48.5 Å². The molecule has 2 aromatic rings. The fraction of sp³-hybridized carbons (Fsp3) is 0.278. The Kier molecular flexibility index (Phi) is 4.71. The second-order valence-electron chi connectivity index (χ2n) is 5.61. The van der Waals surface area contributed by atoms with Gasteiger partial charge in [-0.2, -0.15) is 0 Å². The van der Waals surface area contributed by atoms with Crippen LogP contribution >= 0.6 is 0 Å². The van der Waals surface area contributed by atoms with Crippen LogP contribution in [-0.4, -0.2) is 18.4 Å². The number of carbonyl (C=O) groups is 1. The van der Waals surface area contributed by atoms with Crippen molar-refractivity contribution < 1.29 is 19.4 Å². The first kappa shape index (κ1) is 15.9. The van der Waals surface area contributed by atoms with Gasteiger partial charge >= 0.3 is 6.16 Å². The molecule has 0 unspecified atom stereocenters. The normalized spacial score (nSPS) is 11.0. The Morgan fingerprint density at radius 1 is 1.00 bits per heavy atom. The molecule has 1 N–H and O–H groups in total. The summed E-state index contributed by atoms with van der Waals surface area (Å²) >= 11 is 0. The number of carbonyl (C=O) groups excluding carboxylic acids is 1. The van der Waals surface area contributed by atoms with Gasteiger partial charge in [-0.3, -0.25) is 0 Å². The Morgan fingerprint density at radius 2 is 1.50 bits per heavy atom. The summed E-state index contributed by atoms with van der Waals surface area (Å²) in [5, 5.41) is 9.40. The van der Waals surface area contributed by atoms with Crippen LogP contribution in [0, 0.1) is 0 Å². The predicted molar refractivity (Wildman–Crippen MR) is 83.9 cm³/mol. The van der Waals surface area contributed by atoms with E-state index in [1.54, 1.807) is 12.1 Å². The Morgan fingerprint density at radius 3 is 2.00 bits per heavy atom. The number of hydrogen-bond donors (Lipinski definition) is 1. The van der Waals surface area contributed by atoms with E-state index in [9.17, 15) is 9.90 Å². The lowest BCUT2D eigenvalue weighted by Crippen LogP contribution is -2.18. The molecular weight excluding hydrogens is 280 g/mol. The van der Waals surface area contributed by atoms with Crippen molar-refractivity contribution in [3.05, 3.63) is 65.2 Å². The van der Waals surface area contributed by atoms with E-state index < -0.39 is 6.16 Å². The highest BCUT2D eigenvalue weighted by molar-refractivity contribution is 5.59. The zero-order valence-corrected chi connectivity index (χ0v) is 13.0. The fourth-order valence-electron chi connectivity index (χ4n) is 2.26. The van der Waals surface area contributed by atoms with Crippen LogP contribution in [0.4, 0.5) is 4.79 Å². The number of methoxy groups -OCH3 is 1. The van der Waals surface area contributed by atoms with Gasteiger partial charge in [-0.15, -0.1) is 0 Å². The highest BCUT2D eigenvalue weighted by Crippen LogP contribution is 2.32. The molecule has 0 amide bonds. The number of rotatable bonds is 4. The van der Waals surface area contributed by atoms with Crippen LogP contribution in [0.1, 0.15) is 30.5 Å². The summed E-state index contributed by atoms with van der Waals surface area (Å²) < 4.78 is 9.35. The Hall–Kier alpha value is -2.49. The van der Waals surface area contributed by atoms with Gasteiger partial charge in [0.1, 0.15) is 12.4 Å². The van der Waals surface area contributed by atoms with Crippen molar-refractivity contribution in [2.75, 3.05) is 7.11 Å². The molecular formula is C18H20O4. The molecule has 0 heterocycles. The van der Waals surface area contributed by atoms with Crippen molar-refractivity contribution >= 4 is 6.16 Å². The maximum Gasteiger partial charge on any atom is 0.508 e. The van der Waals surface area contributed by atoms with Crippen molar-refractivity contribution in [3.63, 3.8) is 0 Å². The fourth-order valence-corrected chi connectivity index (χ4v) is 2.26. The lowest BCUT2D eigenvalue weighted by atomic mass is 9.78. The number of aromatic hydroxyl groups is 1. The highest BCUT2D eigenvalue weighted by Gasteiger charge is 2.22.